The Labute approximate surface area is 218 Å². The highest BCUT2D eigenvalue weighted by atomic mass is 32.2. The summed E-state index contributed by atoms with van der Waals surface area (Å²) in [6.07, 6.45) is 7.11. The Morgan fingerprint density at radius 2 is 1.72 bits per heavy atom. The first-order chi connectivity index (χ1) is 17.1. The predicted octanol–water partition coefficient (Wildman–Crippen LogP) is 4.13. The summed E-state index contributed by atoms with van der Waals surface area (Å²) in [4.78, 5) is 40.8. The Balaban J connectivity index is 2.31. The van der Waals surface area contributed by atoms with Crippen LogP contribution in [0.25, 0.3) is 0 Å². The SMILES string of the molecule is C#Cc1ccc(C(C(=O)NCc2ccccc2)N(C)C(=O)C(CCSC)NC(=O)OC(C)(C)C)cc1. The molecule has 0 saturated carbocycles. The van der Waals surface area contributed by atoms with Gasteiger partial charge in [0, 0.05) is 19.2 Å². The second-order valence-corrected chi connectivity index (χ2v) is 10.3. The topological polar surface area (TPSA) is 87.7 Å². The molecule has 0 radical (unpaired) electrons. The van der Waals surface area contributed by atoms with Crippen molar-refractivity contribution < 1.29 is 19.1 Å². The molecule has 0 aliphatic rings. The van der Waals surface area contributed by atoms with Gasteiger partial charge in [0.2, 0.25) is 11.8 Å². The summed E-state index contributed by atoms with van der Waals surface area (Å²) in [5.41, 5.74) is 1.50. The van der Waals surface area contributed by atoms with Gasteiger partial charge in [-0.15, -0.1) is 6.42 Å². The van der Waals surface area contributed by atoms with Crippen LogP contribution in [0.5, 0.6) is 0 Å². The van der Waals surface area contributed by atoms with E-state index in [9.17, 15) is 14.4 Å². The summed E-state index contributed by atoms with van der Waals surface area (Å²) in [5.74, 6) is 2.46. The Kier molecular flexibility index (Phi) is 10.9. The molecular weight excluding hydrogens is 474 g/mol. The van der Waals surface area contributed by atoms with Crippen LogP contribution in [0.2, 0.25) is 0 Å². The average Bonchev–Trinajstić information content (AvgIpc) is 2.84. The highest BCUT2D eigenvalue weighted by Crippen LogP contribution is 2.23. The number of thioether (sulfide) groups is 1. The lowest BCUT2D eigenvalue weighted by molar-refractivity contribution is -0.140. The summed E-state index contributed by atoms with van der Waals surface area (Å²) >= 11 is 1.56. The van der Waals surface area contributed by atoms with E-state index in [4.69, 9.17) is 11.2 Å². The minimum atomic E-state index is -0.926. The molecule has 0 aliphatic heterocycles. The molecule has 2 rings (SSSR count). The number of hydrogen-bond acceptors (Lipinski definition) is 5. The molecule has 0 heterocycles. The number of amides is 3. The number of nitrogens with zero attached hydrogens (tertiary/aromatic N) is 1. The van der Waals surface area contributed by atoms with E-state index in [1.54, 1.807) is 63.8 Å². The number of hydrogen-bond donors (Lipinski definition) is 2. The van der Waals surface area contributed by atoms with Gasteiger partial charge in [-0.3, -0.25) is 9.59 Å². The van der Waals surface area contributed by atoms with Gasteiger partial charge in [0.25, 0.3) is 0 Å². The first-order valence-corrected chi connectivity index (χ1v) is 13.1. The molecule has 8 heteroatoms. The van der Waals surface area contributed by atoms with Crippen LogP contribution in [0.3, 0.4) is 0 Å². The fourth-order valence-electron chi connectivity index (χ4n) is 3.51. The van der Waals surface area contributed by atoms with E-state index in [0.29, 0.717) is 29.8 Å². The van der Waals surface area contributed by atoms with Gasteiger partial charge < -0.3 is 20.3 Å². The maximum Gasteiger partial charge on any atom is 0.408 e. The van der Waals surface area contributed by atoms with Crippen LogP contribution in [-0.4, -0.2) is 53.5 Å². The zero-order valence-electron chi connectivity index (χ0n) is 21.5. The summed E-state index contributed by atoms with van der Waals surface area (Å²) in [6.45, 7) is 5.58. The van der Waals surface area contributed by atoms with Crippen molar-refractivity contribution in [3.8, 4) is 12.3 Å². The van der Waals surface area contributed by atoms with Gasteiger partial charge >= 0.3 is 6.09 Å². The van der Waals surface area contributed by atoms with Gasteiger partial charge in [-0.1, -0.05) is 48.4 Å². The number of alkyl carbamates (subject to hydrolysis) is 1. The van der Waals surface area contributed by atoms with Gasteiger partial charge in [-0.05, 0) is 62.5 Å². The number of likely N-dealkylation sites (N-methyl/N-ethyl adjacent to an activating group) is 1. The van der Waals surface area contributed by atoms with E-state index in [1.807, 2.05) is 36.6 Å². The summed E-state index contributed by atoms with van der Waals surface area (Å²) < 4.78 is 5.36. The molecule has 0 aliphatic carbocycles. The molecule has 36 heavy (non-hydrogen) atoms. The molecule has 0 fully saturated rings. The van der Waals surface area contributed by atoms with Crippen LogP contribution < -0.4 is 10.6 Å². The lowest BCUT2D eigenvalue weighted by atomic mass is 10.0. The minimum absolute atomic E-state index is 0.312. The lowest BCUT2D eigenvalue weighted by Crippen LogP contribution is -2.51. The van der Waals surface area contributed by atoms with Crippen LogP contribution in [0.15, 0.2) is 54.6 Å². The summed E-state index contributed by atoms with van der Waals surface area (Å²) in [5, 5.41) is 5.61. The molecule has 0 aromatic heterocycles. The van der Waals surface area contributed by atoms with Crippen LogP contribution in [-0.2, 0) is 20.9 Å². The lowest BCUT2D eigenvalue weighted by Gasteiger charge is -2.31. The Bertz CT molecular complexity index is 1060. The molecule has 192 valence electrons. The van der Waals surface area contributed by atoms with E-state index in [-0.39, 0.29) is 5.91 Å². The quantitative estimate of drug-likeness (QED) is 0.470. The molecular formula is C28H35N3O4S. The van der Waals surface area contributed by atoms with Crippen molar-refractivity contribution in [2.45, 2.75) is 51.4 Å². The van der Waals surface area contributed by atoms with Crippen molar-refractivity contribution in [2.24, 2.45) is 0 Å². The fourth-order valence-corrected chi connectivity index (χ4v) is 3.98. The monoisotopic (exact) mass is 509 g/mol. The number of rotatable bonds is 10. The van der Waals surface area contributed by atoms with E-state index in [2.05, 4.69) is 16.6 Å². The van der Waals surface area contributed by atoms with E-state index >= 15 is 0 Å². The molecule has 2 aromatic carbocycles. The number of benzene rings is 2. The van der Waals surface area contributed by atoms with E-state index < -0.39 is 29.7 Å². The molecule has 2 unspecified atom stereocenters. The maximum atomic E-state index is 13.6. The van der Waals surface area contributed by atoms with Crippen molar-refractivity contribution in [1.82, 2.24) is 15.5 Å². The highest BCUT2D eigenvalue weighted by molar-refractivity contribution is 7.98. The molecule has 0 spiro atoms. The van der Waals surface area contributed by atoms with Crippen molar-refractivity contribution in [3.63, 3.8) is 0 Å². The maximum absolute atomic E-state index is 13.6. The summed E-state index contributed by atoms with van der Waals surface area (Å²) in [7, 11) is 1.56. The third kappa shape index (κ3) is 8.97. The van der Waals surface area contributed by atoms with Crippen molar-refractivity contribution in [3.05, 3.63) is 71.3 Å². The molecule has 2 aromatic rings. The zero-order valence-corrected chi connectivity index (χ0v) is 22.4. The number of ether oxygens (including phenoxy) is 1. The third-order valence-electron chi connectivity index (χ3n) is 5.29. The van der Waals surface area contributed by atoms with Crippen molar-refractivity contribution in [2.75, 3.05) is 19.1 Å². The van der Waals surface area contributed by atoms with Crippen molar-refractivity contribution in [1.29, 1.82) is 0 Å². The van der Waals surface area contributed by atoms with Crippen LogP contribution in [0, 0.1) is 12.3 Å². The standard InChI is InChI=1S/C28H35N3O4S/c1-7-20-13-15-22(16-14-20)24(25(32)29-19-21-11-9-8-10-12-21)31(5)26(33)23(17-18-36-6)30-27(34)35-28(2,3)4/h1,8-16,23-24H,17-19H2,2-6H3,(H,29,32)(H,30,34). The normalized spacial score (nSPS) is 12.6. The Morgan fingerprint density at radius 3 is 2.28 bits per heavy atom. The van der Waals surface area contributed by atoms with Gasteiger partial charge in [-0.2, -0.15) is 11.8 Å². The molecule has 2 atom stereocenters. The third-order valence-corrected chi connectivity index (χ3v) is 5.93. The smallest absolute Gasteiger partial charge is 0.408 e. The average molecular weight is 510 g/mol. The first kappa shape index (κ1) is 28.8. The number of terminal acetylenes is 1. The van der Waals surface area contributed by atoms with E-state index in [0.717, 1.165) is 5.56 Å². The Hall–Kier alpha value is -3.44. The molecule has 2 N–H and O–H groups in total. The van der Waals surface area contributed by atoms with Crippen LogP contribution in [0.1, 0.15) is 49.9 Å². The van der Waals surface area contributed by atoms with Crippen LogP contribution >= 0.6 is 11.8 Å². The molecule has 0 saturated heterocycles. The largest absolute Gasteiger partial charge is 0.444 e. The Morgan fingerprint density at radius 1 is 1.08 bits per heavy atom. The molecule has 7 nitrogen and oxygen atoms in total. The van der Waals surface area contributed by atoms with Gasteiger partial charge in [-0.25, -0.2) is 4.79 Å². The van der Waals surface area contributed by atoms with Gasteiger partial charge in [0.15, 0.2) is 0 Å². The van der Waals surface area contributed by atoms with Gasteiger partial charge in [0.05, 0.1) is 0 Å². The number of carbonyl (C=O) groups excluding carboxylic acids is 3. The molecule has 0 bridgehead atoms. The highest BCUT2D eigenvalue weighted by Gasteiger charge is 2.33. The van der Waals surface area contributed by atoms with Crippen LogP contribution in [0.4, 0.5) is 4.79 Å². The second kappa shape index (κ2) is 13.6. The number of nitrogens with one attached hydrogen (secondary N) is 2. The minimum Gasteiger partial charge on any atom is -0.444 e. The fraction of sp³-hybridized carbons (Fsp3) is 0.393. The molecule has 3 amide bonds. The van der Waals surface area contributed by atoms with Gasteiger partial charge in [0.1, 0.15) is 17.7 Å². The summed E-state index contributed by atoms with van der Waals surface area (Å²) in [6, 6.07) is 14.7. The first-order valence-electron chi connectivity index (χ1n) is 11.7. The number of carbonyl (C=O) groups is 3. The predicted molar refractivity (Wildman–Crippen MR) is 144 cm³/mol. The zero-order chi connectivity index (χ0) is 26.7. The second-order valence-electron chi connectivity index (χ2n) is 9.30. The van der Waals surface area contributed by atoms with E-state index in [1.165, 1.54) is 4.90 Å². The van der Waals surface area contributed by atoms with Crippen molar-refractivity contribution >= 4 is 29.7 Å².